The normalized spacial score (nSPS) is 13.8. The van der Waals surface area contributed by atoms with Gasteiger partial charge in [-0.05, 0) is 34.5 Å². The molecule has 0 amide bonds. The summed E-state index contributed by atoms with van der Waals surface area (Å²) in [6.45, 7) is 2.83. The van der Waals surface area contributed by atoms with Crippen LogP contribution in [0.4, 0.5) is 0 Å². The van der Waals surface area contributed by atoms with Crippen molar-refractivity contribution < 1.29 is 9.47 Å². The standard InChI is InChI=1S/C11H12BrNO2/c1-7-8(3-2-4-13)5-9(12)11-10(7)14-6-15-11/h2-3,5H,4,6,13H2,1H3/b3-2+. The second-order valence-electron chi connectivity index (χ2n) is 3.28. The Balaban J connectivity index is 2.50. The first-order valence-electron chi connectivity index (χ1n) is 4.69. The third-order valence-corrected chi connectivity index (χ3v) is 2.91. The lowest BCUT2D eigenvalue weighted by atomic mass is 10.1. The van der Waals surface area contributed by atoms with Crippen molar-refractivity contribution in [2.45, 2.75) is 6.92 Å². The molecule has 15 heavy (non-hydrogen) atoms. The molecular weight excluding hydrogens is 258 g/mol. The first-order chi connectivity index (χ1) is 7.24. The molecule has 0 radical (unpaired) electrons. The molecule has 0 atom stereocenters. The largest absolute Gasteiger partial charge is 0.453 e. The van der Waals surface area contributed by atoms with Crippen LogP contribution < -0.4 is 15.2 Å². The average molecular weight is 270 g/mol. The molecule has 2 N–H and O–H groups in total. The van der Waals surface area contributed by atoms with Crippen LogP contribution >= 0.6 is 15.9 Å². The summed E-state index contributed by atoms with van der Waals surface area (Å²) < 4.78 is 11.7. The third kappa shape index (κ3) is 1.87. The molecule has 2 rings (SSSR count). The number of halogens is 1. The van der Waals surface area contributed by atoms with Gasteiger partial charge in [-0.15, -0.1) is 0 Å². The van der Waals surface area contributed by atoms with Gasteiger partial charge in [-0.2, -0.15) is 0 Å². The molecule has 0 spiro atoms. The highest BCUT2D eigenvalue weighted by molar-refractivity contribution is 9.10. The number of hydrogen-bond donors (Lipinski definition) is 1. The van der Waals surface area contributed by atoms with Crippen LogP contribution in [-0.2, 0) is 0 Å². The van der Waals surface area contributed by atoms with Gasteiger partial charge in [0.15, 0.2) is 11.5 Å². The van der Waals surface area contributed by atoms with E-state index in [2.05, 4.69) is 15.9 Å². The average Bonchev–Trinajstić information content (AvgIpc) is 2.70. The van der Waals surface area contributed by atoms with Crippen molar-refractivity contribution >= 4 is 22.0 Å². The molecule has 1 aromatic carbocycles. The molecule has 1 aromatic rings. The number of hydrogen-bond acceptors (Lipinski definition) is 3. The highest BCUT2D eigenvalue weighted by Gasteiger charge is 2.20. The summed E-state index contributed by atoms with van der Waals surface area (Å²) in [6, 6.07) is 2.01. The first kappa shape index (κ1) is 10.5. The van der Waals surface area contributed by atoms with Crippen LogP contribution in [0, 0.1) is 6.92 Å². The molecule has 0 saturated carbocycles. The predicted molar refractivity (Wildman–Crippen MR) is 63.1 cm³/mol. The van der Waals surface area contributed by atoms with Gasteiger partial charge in [-0.25, -0.2) is 0 Å². The van der Waals surface area contributed by atoms with E-state index in [0.717, 1.165) is 27.1 Å². The van der Waals surface area contributed by atoms with E-state index < -0.39 is 0 Å². The zero-order valence-electron chi connectivity index (χ0n) is 8.42. The second-order valence-corrected chi connectivity index (χ2v) is 4.13. The maximum atomic E-state index is 5.42. The highest BCUT2D eigenvalue weighted by Crippen LogP contribution is 2.43. The summed E-state index contributed by atoms with van der Waals surface area (Å²) in [5, 5.41) is 0. The van der Waals surface area contributed by atoms with Gasteiger partial charge in [-0.3, -0.25) is 0 Å². The lowest BCUT2D eigenvalue weighted by molar-refractivity contribution is 0.173. The summed E-state index contributed by atoms with van der Waals surface area (Å²) >= 11 is 3.45. The fourth-order valence-corrected chi connectivity index (χ4v) is 2.09. The molecule has 0 saturated heterocycles. The molecule has 1 aliphatic heterocycles. The van der Waals surface area contributed by atoms with Crippen molar-refractivity contribution in [3.8, 4) is 11.5 Å². The van der Waals surface area contributed by atoms with Gasteiger partial charge in [0.05, 0.1) is 4.47 Å². The summed E-state index contributed by atoms with van der Waals surface area (Å²) in [7, 11) is 0. The van der Waals surface area contributed by atoms with E-state index in [9.17, 15) is 0 Å². The maximum Gasteiger partial charge on any atom is 0.231 e. The van der Waals surface area contributed by atoms with E-state index >= 15 is 0 Å². The van der Waals surface area contributed by atoms with Crippen molar-refractivity contribution in [3.05, 3.63) is 27.7 Å². The van der Waals surface area contributed by atoms with Crippen LogP contribution in [0.5, 0.6) is 11.5 Å². The zero-order valence-corrected chi connectivity index (χ0v) is 10.0. The number of benzene rings is 1. The molecule has 0 unspecified atom stereocenters. The van der Waals surface area contributed by atoms with Crippen molar-refractivity contribution in [2.75, 3.05) is 13.3 Å². The molecule has 0 fully saturated rings. The number of fused-ring (bicyclic) bond motifs is 1. The third-order valence-electron chi connectivity index (χ3n) is 2.32. The molecule has 80 valence electrons. The smallest absolute Gasteiger partial charge is 0.231 e. The molecule has 0 bridgehead atoms. The molecule has 1 aliphatic rings. The summed E-state index contributed by atoms with van der Waals surface area (Å²) in [5.41, 5.74) is 7.60. The Kier molecular flexibility index (Phi) is 2.98. The lowest BCUT2D eigenvalue weighted by Crippen LogP contribution is -1.94. The number of ether oxygens (including phenoxy) is 2. The van der Waals surface area contributed by atoms with Crippen LogP contribution in [0.25, 0.3) is 6.08 Å². The van der Waals surface area contributed by atoms with Crippen LogP contribution in [0.2, 0.25) is 0 Å². The predicted octanol–water partition coefficient (Wildman–Crippen LogP) is 2.46. The van der Waals surface area contributed by atoms with Gasteiger partial charge in [0.2, 0.25) is 6.79 Å². The monoisotopic (exact) mass is 269 g/mol. The molecule has 1 heterocycles. The van der Waals surface area contributed by atoms with Crippen LogP contribution in [0.3, 0.4) is 0 Å². The van der Waals surface area contributed by atoms with Crippen molar-refractivity contribution in [1.82, 2.24) is 0 Å². The fourth-order valence-electron chi connectivity index (χ4n) is 1.54. The first-order valence-corrected chi connectivity index (χ1v) is 5.48. The molecule has 0 aliphatic carbocycles. The van der Waals surface area contributed by atoms with Gasteiger partial charge < -0.3 is 15.2 Å². The minimum atomic E-state index is 0.291. The van der Waals surface area contributed by atoms with Gasteiger partial charge in [0.25, 0.3) is 0 Å². The fraction of sp³-hybridized carbons (Fsp3) is 0.273. The quantitative estimate of drug-likeness (QED) is 0.897. The minimum absolute atomic E-state index is 0.291. The van der Waals surface area contributed by atoms with E-state index in [1.165, 1.54) is 0 Å². The van der Waals surface area contributed by atoms with E-state index in [0.29, 0.717) is 13.3 Å². The molecule has 4 heteroatoms. The minimum Gasteiger partial charge on any atom is -0.453 e. The van der Waals surface area contributed by atoms with Crippen LogP contribution in [0.1, 0.15) is 11.1 Å². The van der Waals surface area contributed by atoms with E-state index in [1.54, 1.807) is 0 Å². The molecular formula is C11H12BrNO2. The molecule has 3 nitrogen and oxygen atoms in total. The van der Waals surface area contributed by atoms with Crippen molar-refractivity contribution in [3.63, 3.8) is 0 Å². The summed E-state index contributed by atoms with van der Waals surface area (Å²) in [6.07, 6.45) is 3.90. The summed E-state index contributed by atoms with van der Waals surface area (Å²) in [4.78, 5) is 0. The molecule has 0 aromatic heterocycles. The number of nitrogens with two attached hydrogens (primary N) is 1. The van der Waals surface area contributed by atoms with Gasteiger partial charge >= 0.3 is 0 Å². The Morgan fingerprint density at radius 3 is 2.93 bits per heavy atom. The van der Waals surface area contributed by atoms with Crippen LogP contribution in [0.15, 0.2) is 16.6 Å². The Bertz CT molecular complexity index is 416. The Morgan fingerprint density at radius 2 is 2.20 bits per heavy atom. The zero-order chi connectivity index (χ0) is 10.8. The van der Waals surface area contributed by atoms with Crippen molar-refractivity contribution in [1.29, 1.82) is 0 Å². The SMILES string of the molecule is Cc1c(/C=C/CN)cc(Br)c2c1OCO2. The van der Waals surface area contributed by atoms with Gasteiger partial charge in [0, 0.05) is 12.1 Å². The highest BCUT2D eigenvalue weighted by atomic mass is 79.9. The Hall–Kier alpha value is -1.00. The van der Waals surface area contributed by atoms with E-state index in [4.69, 9.17) is 15.2 Å². The van der Waals surface area contributed by atoms with Crippen molar-refractivity contribution in [2.24, 2.45) is 5.73 Å². The van der Waals surface area contributed by atoms with Gasteiger partial charge in [0.1, 0.15) is 0 Å². The van der Waals surface area contributed by atoms with E-state index in [-0.39, 0.29) is 0 Å². The Labute approximate surface area is 97.0 Å². The lowest BCUT2D eigenvalue weighted by Gasteiger charge is -2.06. The second kappa shape index (κ2) is 4.24. The summed E-state index contributed by atoms with van der Waals surface area (Å²) in [5.74, 6) is 1.61. The van der Waals surface area contributed by atoms with Gasteiger partial charge in [-0.1, -0.05) is 12.2 Å². The topological polar surface area (TPSA) is 44.5 Å². The number of rotatable bonds is 2. The van der Waals surface area contributed by atoms with Crippen LogP contribution in [-0.4, -0.2) is 13.3 Å². The van der Waals surface area contributed by atoms with E-state index in [1.807, 2.05) is 25.1 Å². The Morgan fingerprint density at radius 1 is 1.47 bits per heavy atom. The maximum absolute atomic E-state index is 5.42.